The van der Waals surface area contributed by atoms with E-state index < -0.39 is 5.89 Å². The Morgan fingerprint density at radius 2 is 0.961 bits per heavy atom. The maximum Gasteiger partial charge on any atom is 0.0346 e. The van der Waals surface area contributed by atoms with Crippen molar-refractivity contribution in [3.05, 3.63) is 169 Å². The van der Waals surface area contributed by atoms with Gasteiger partial charge >= 0.3 is 0 Å². The molecule has 0 fully saturated rings. The van der Waals surface area contributed by atoms with E-state index in [4.69, 9.17) is 1.37 Å². The van der Waals surface area contributed by atoms with Crippen LogP contribution in [0.3, 0.4) is 0 Å². The maximum atomic E-state index is 8.22. The predicted octanol–water partition coefficient (Wildman–Crippen LogP) is 13.1. The molecule has 51 heavy (non-hydrogen) atoms. The molecule has 0 aliphatic carbocycles. The van der Waals surface area contributed by atoms with E-state index in [9.17, 15) is 0 Å². The Hall–Kier alpha value is -5.21. The van der Waals surface area contributed by atoms with Gasteiger partial charge in [0.2, 0.25) is 0 Å². The minimum atomic E-state index is -0.634. The first-order valence-corrected chi connectivity index (χ1v) is 17.3. The van der Waals surface area contributed by atoms with Gasteiger partial charge in [-0.2, -0.15) is 0 Å². The first kappa shape index (κ1) is 33.0. The van der Waals surface area contributed by atoms with E-state index in [-0.39, 0.29) is 20.1 Å². The van der Waals surface area contributed by atoms with Gasteiger partial charge in [0.25, 0.3) is 0 Å². The van der Waals surface area contributed by atoms with Gasteiger partial charge in [0.05, 0.1) is 0 Å². The molecule has 0 aliphatic heterocycles. The van der Waals surface area contributed by atoms with Crippen LogP contribution >= 0.6 is 0 Å². The van der Waals surface area contributed by atoms with E-state index in [1.165, 1.54) is 59.4 Å². The predicted molar refractivity (Wildman–Crippen MR) is 213 cm³/mol. The summed E-state index contributed by atoms with van der Waals surface area (Å²) in [7, 11) is 0. The van der Waals surface area contributed by atoms with Gasteiger partial charge in [0.1, 0.15) is 0 Å². The SMILES string of the molecule is CC(C)c1ccnc(-c2[c-]cc3c4ccccc4c4ccccc4c3c2)c1.[2H]C(C)(C)c1ccnc(-c2[c-]cc3c(ccc4ccccc43)c2)c1.[Ir]. The Morgan fingerprint density at radius 1 is 0.471 bits per heavy atom. The first-order chi connectivity index (χ1) is 24.7. The number of hydrogen-bond donors (Lipinski definition) is 0. The van der Waals surface area contributed by atoms with E-state index in [0.29, 0.717) is 5.92 Å². The number of rotatable bonds is 4. The molecule has 2 aromatic heterocycles. The van der Waals surface area contributed by atoms with Crippen molar-refractivity contribution < 1.29 is 21.5 Å². The van der Waals surface area contributed by atoms with Gasteiger partial charge in [-0.05, 0) is 56.9 Å². The van der Waals surface area contributed by atoms with Crippen molar-refractivity contribution >= 4 is 53.9 Å². The monoisotopic (exact) mass is 836 g/mol. The normalized spacial score (nSPS) is 11.8. The minimum Gasteiger partial charge on any atom is -0.305 e. The van der Waals surface area contributed by atoms with Crippen LogP contribution in [-0.4, -0.2) is 9.97 Å². The molecule has 3 heteroatoms. The molecule has 0 N–H and O–H groups in total. The molecule has 2 nitrogen and oxygen atoms in total. The fourth-order valence-corrected chi connectivity index (χ4v) is 6.93. The average molecular weight is 836 g/mol. The molecule has 9 rings (SSSR count). The third kappa shape index (κ3) is 6.68. The number of aromatic nitrogens is 2. The Balaban J connectivity index is 0.000000160. The third-order valence-corrected chi connectivity index (χ3v) is 9.69. The van der Waals surface area contributed by atoms with Gasteiger partial charge in [-0.3, -0.25) is 0 Å². The quantitative estimate of drug-likeness (QED) is 0.130. The van der Waals surface area contributed by atoms with E-state index in [0.717, 1.165) is 28.1 Å². The molecule has 0 bridgehead atoms. The van der Waals surface area contributed by atoms with Gasteiger partial charge in [-0.15, -0.1) is 52.9 Å². The van der Waals surface area contributed by atoms with Crippen LogP contribution < -0.4 is 0 Å². The Morgan fingerprint density at radius 3 is 1.59 bits per heavy atom. The molecule has 0 atom stereocenters. The molecule has 2 heterocycles. The van der Waals surface area contributed by atoms with Gasteiger partial charge in [0, 0.05) is 33.9 Å². The van der Waals surface area contributed by atoms with Gasteiger partial charge < -0.3 is 9.97 Å². The summed E-state index contributed by atoms with van der Waals surface area (Å²) in [6.07, 6.45) is 3.68. The smallest absolute Gasteiger partial charge is 0.0346 e. The summed E-state index contributed by atoms with van der Waals surface area (Å²) < 4.78 is 8.22. The van der Waals surface area contributed by atoms with Crippen molar-refractivity contribution in [1.29, 1.82) is 0 Å². The van der Waals surface area contributed by atoms with Crippen LogP contribution in [0.15, 0.2) is 146 Å². The molecule has 0 saturated carbocycles. The average Bonchev–Trinajstić information content (AvgIpc) is 3.17. The van der Waals surface area contributed by atoms with E-state index >= 15 is 0 Å². The summed E-state index contributed by atoms with van der Waals surface area (Å²) in [5, 5.41) is 12.5. The zero-order valence-corrected chi connectivity index (χ0v) is 31.6. The number of nitrogens with zero attached hydrogens (tertiary/aromatic N) is 2. The van der Waals surface area contributed by atoms with Gasteiger partial charge in [0.15, 0.2) is 0 Å². The summed E-state index contributed by atoms with van der Waals surface area (Å²) in [6.45, 7) is 8.20. The number of fused-ring (bicyclic) bond motifs is 9. The first-order valence-electron chi connectivity index (χ1n) is 17.8. The fourth-order valence-electron chi connectivity index (χ4n) is 6.93. The summed E-state index contributed by atoms with van der Waals surface area (Å²) in [6, 6.07) is 53.6. The van der Waals surface area contributed by atoms with Crippen molar-refractivity contribution in [2.45, 2.75) is 39.5 Å². The second-order valence-electron chi connectivity index (χ2n) is 13.5. The summed E-state index contributed by atoms with van der Waals surface area (Å²) in [4.78, 5) is 9.09. The van der Waals surface area contributed by atoms with Crippen molar-refractivity contribution in [2.75, 3.05) is 0 Å². The van der Waals surface area contributed by atoms with Crippen LogP contribution in [0, 0.1) is 12.1 Å². The second kappa shape index (κ2) is 14.6. The molecular formula is C48H38IrN2-2. The number of benzene rings is 7. The molecule has 9 aromatic rings. The molecular weight excluding hydrogens is 797 g/mol. The topological polar surface area (TPSA) is 25.8 Å². The van der Waals surface area contributed by atoms with E-state index in [2.05, 4.69) is 151 Å². The summed E-state index contributed by atoms with van der Waals surface area (Å²) in [5.74, 6) is -0.151. The molecule has 251 valence electrons. The molecule has 0 saturated heterocycles. The van der Waals surface area contributed by atoms with E-state index in [1.54, 1.807) is 6.20 Å². The van der Waals surface area contributed by atoms with E-state index in [1.807, 2.05) is 38.2 Å². The van der Waals surface area contributed by atoms with Crippen molar-refractivity contribution in [2.24, 2.45) is 0 Å². The molecule has 7 aromatic carbocycles. The molecule has 0 spiro atoms. The summed E-state index contributed by atoms with van der Waals surface area (Å²) in [5.41, 5.74) is 6.12. The Kier molecular flexibility index (Phi) is 9.41. The van der Waals surface area contributed by atoms with Crippen LogP contribution in [0.1, 0.15) is 52.0 Å². The second-order valence-corrected chi connectivity index (χ2v) is 13.5. The largest absolute Gasteiger partial charge is 0.305 e. The van der Waals surface area contributed by atoms with Gasteiger partial charge in [-0.1, -0.05) is 163 Å². The van der Waals surface area contributed by atoms with Gasteiger partial charge in [-0.25, -0.2) is 0 Å². The fraction of sp³-hybridized carbons (Fsp3) is 0.125. The Labute approximate surface area is 315 Å². The van der Waals surface area contributed by atoms with Crippen molar-refractivity contribution in [3.8, 4) is 22.5 Å². The van der Waals surface area contributed by atoms with Crippen LogP contribution in [0.2, 0.25) is 0 Å². The van der Waals surface area contributed by atoms with Crippen LogP contribution in [0.5, 0.6) is 0 Å². The number of hydrogen-bond acceptors (Lipinski definition) is 2. The minimum absolute atomic E-state index is 0. The molecule has 1 radical (unpaired) electrons. The molecule has 0 aliphatic rings. The molecule has 0 amide bonds. The zero-order valence-electron chi connectivity index (χ0n) is 30.2. The van der Waals surface area contributed by atoms with Crippen LogP contribution in [-0.2, 0) is 20.1 Å². The molecule has 0 unspecified atom stereocenters. The third-order valence-electron chi connectivity index (χ3n) is 9.69. The standard InChI is InChI=1S/C26H20N.C22H18N.Ir/c1-17(2)18-13-14-27-26(16-18)19-11-12-24-22-9-4-3-7-20(22)21-8-5-6-10-23(21)25(24)15-19;1-15(2)17-11-12-23-22(14-17)19-9-10-21-18(13-19)8-7-16-5-3-4-6-20(16)21;/h3-10,12-17H,1-2H3;3-8,10-15H,1-2H3;/q2*-1;/i;15D;. The zero-order chi connectivity index (χ0) is 35.1. The number of pyridine rings is 2. The summed E-state index contributed by atoms with van der Waals surface area (Å²) >= 11 is 0. The van der Waals surface area contributed by atoms with Crippen molar-refractivity contribution in [3.63, 3.8) is 0 Å². The maximum absolute atomic E-state index is 8.22. The van der Waals surface area contributed by atoms with Crippen molar-refractivity contribution in [1.82, 2.24) is 9.97 Å². The van der Waals surface area contributed by atoms with Crippen LogP contribution in [0.4, 0.5) is 0 Å². The van der Waals surface area contributed by atoms with Crippen LogP contribution in [0.25, 0.3) is 76.4 Å². The Bertz CT molecular complexity index is 2690.